The van der Waals surface area contributed by atoms with Crippen molar-refractivity contribution in [3.8, 4) is 0 Å². The summed E-state index contributed by atoms with van der Waals surface area (Å²) in [6, 6.07) is 14.5. The first-order valence-electron chi connectivity index (χ1n) is 9.64. The Balaban J connectivity index is 1.29. The monoisotopic (exact) mass is 366 g/mol. The standard InChI is InChI=1S/C21H26N4O2/c26-21(18-6-7-20(22-14-18)25-10-12-27-13-11-25)23-19-8-9-24(16-19)15-17-4-2-1-3-5-17/h1-7,14,19H,8-13,15-16H2,(H,23,26)/t19-/m0/s1. The molecule has 3 heterocycles. The van der Waals surface area contributed by atoms with E-state index in [2.05, 4.69) is 44.4 Å². The van der Waals surface area contributed by atoms with Crippen LogP contribution in [0.3, 0.4) is 0 Å². The molecular weight excluding hydrogens is 340 g/mol. The molecule has 0 saturated carbocycles. The summed E-state index contributed by atoms with van der Waals surface area (Å²) >= 11 is 0. The van der Waals surface area contributed by atoms with Crippen LogP contribution >= 0.6 is 0 Å². The van der Waals surface area contributed by atoms with Crippen molar-refractivity contribution in [3.63, 3.8) is 0 Å². The molecule has 27 heavy (non-hydrogen) atoms. The van der Waals surface area contributed by atoms with Gasteiger partial charge in [0, 0.05) is 45.0 Å². The van der Waals surface area contributed by atoms with Crippen molar-refractivity contribution in [2.24, 2.45) is 0 Å². The second-order valence-corrected chi connectivity index (χ2v) is 7.18. The minimum atomic E-state index is -0.0393. The molecule has 2 aliphatic heterocycles. The van der Waals surface area contributed by atoms with E-state index in [1.807, 2.05) is 18.2 Å². The zero-order chi connectivity index (χ0) is 18.5. The number of nitrogens with one attached hydrogen (secondary N) is 1. The molecule has 142 valence electrons. The largest absolute Gasteiger partial charge is 0.378 e. The Kier molecular flexibility index (Phi) is 5.65. The van der Waals surface area contributed by atoms with Crippen molar-refractivity contribution in [2.45, 2.75) is 19.0 Å². The molecule has 4 rings (SSSR count). The number of amides is 1. The molecule has 2 fully saturated rings. The van der Waals surface area contributed by atoms with Gasteiger partial charge in [0.15, 0.2) is 0 Å². The lowest BCUT2D eigenvalue weighted by Gasteiger charge is -2.27. The Hall–Kier alpha value is -2.44. The molecule has 2 saturated heterocycles. The van der Waals surface area contributed by atoms with Crippen LogP contribution in [0.25, 0.3) is 0 Å². The molecule has 1 N–H and O–H groups in total. The summed E-state index contributed by atoms with van der Waals surface area (Å²) in [4.78, 5) is 21.6. The fourth-order valence-electron chi connectivity index (χ4n) is 3.70. The van der Waals surface area contributed by atoms with Crippen molar-refractivity contribution < 1.29 is 9.53 Å². The van der Waals surface area contributed by atoms with Crippen LogP contribution in [0.2, 0.25) is 0 Å². The van der Waals surface area contributed by atoms with E-state index in [1.54, 1.807) is 6.20 Å². The Morgan fingerprint density at radius 1 is 1.11 bits per heavy atom. The van der Waals surface area contributed by atoms with Gasteiger partial charge < -0.3 is 15.0 Å². The van der Waals surface area contributed by atoms with Crippen LogP contribution in [0, 0.1) is 0 Å². The van der Waals surface area contributed by atoms with Gasteiger partial charge in [-0.1, -0.05) is 30.3 Å². The maximum Gasteiger partial charge on any atom is 0.253 e. The highest BCUT2D eigenvalue weighted by atomic mass is 16.5. The van der Waals surface area contributed by atoms with Gasteiger partial charge in [0.05, 0.1) is 18.8 Å². The van der Waals surface area contributed by atoms with Crippen molar-refractivity contribution in [2.75, 3.05) is 44.3 Å². The third kappa shape index (κ3) is 4.64. The minimum Gasteiger partial charge on any atom is -0.378 e. The van der Waals surface area contributed by atoms with Crippen LogP contribution in [-0.2, 0) is 11.3 Å². The zero-order valence-corrected chi connectivity index (χ0v) is 15.5. The average molecular weight is 366 g/mol. The molecule has 1 aromatic heterocycles. The number of morpholine rings is 1. The fourth-order valence-corrected chi connectivity index (χ4v) is 3.70. The zero-order valence-electron chi connectivity index (χ0n) is 15.5. The van der Waals surface area contributed by atoms with Gasteiger partial charge in [-0.05, 0) is 24.1 Å². The molecule has 1 atom stereocenters. The summed E-state index contributed by atoms with van der Waals surface area (Å²) < 4.78 is 5.37. The molecule has 0 spiro atoms. The van der Waals surface area contributed by atoms with Gasteiger partial charge in [-0.2, -0.15) is 0 Å². The van der Waals surface area contributed by atoms with Crippen LogP contribution in [0.5, 0.6) is 0 Å². The quantitative estimate of drug-likeness (QED) is 0.876. The van der Waals surface area contributed by atoms with Crippen LogP contribution in [0.4, 0.5) is 5.82 Å². The predicted molar refractivity (Wildman–Crippen MR) is 105 cm³/mol. The van der Waals surface area contributed by atoms with Gasteiger partial charge in [-0.15, -0.1) is 0 Å². The molecular formula is C21H26N4O2. The van der Waals surface area contributed by atoms with Crippen LogP contribution < -0.4 is 10.2 Å². The number of hydrogen-bond donors (Lipinski definition) is 1. The van der Waals surface area contributed by atoms with Crippen molar-refractivity contribution in [1.29, 1.82) is 0 Å². The maximum atomic E-state index is 12.5. The van der Waals surface area contributed by atoms with Gasteiger partial charge in [-0.3, -0.25) is 9.69 Å². The third-order valence-electron chi connectivity index (χ3n) is 5.20. The van der Waals surface area contributed by atoms with E-state index in [-0.39, 0.29) is 11.9 Å². The molecule has 0 radical (unpaired) electrons. The van der Waals surface area contributed by atoms with Crippen molar-refractivity contribution in [3.05, 3.63) is 59.8 Å². The second-order valence-electron chi connectivity index (χ2n) is 7.18. The lowest BCUT2D eigenvalue weighted by atomic mass is 10.2. The fraction of sp³-hybridized carbons (Fsp3) is 0.429. The lowest BCUT2D eigenvalue weighted by molar-refractivity contribution is 0.0937. The van der Waals surface area contributed by atoms with E-state index < -0.39 is 0 Å². The maximum absolute atomic E-state index is 12.5. The Morgan fingerprint density at radius 2 is 1.93 bits per heavy atom. The molecule has 1 aromatic carbocycles. The Bertz CT molecular complexity index is 745. The number of aromatic nitrogens is 1. The molecule has 1 amide bonds. The number of ether oxygens (including phenoxy) is 1. The molecule has 2 aliphatic rings. The van der Waals surface area contributed by atoms with E-state index in [1.165, 1.54) is 5.56 Å². The summed E-state index contributed by atoms with van der Waals surface area (Å²) in [6.45, 7) is 5.98. The molecule has 0 unspecified atom stereocenters. The highest BCUT2D eigenvalue weighted by molar-refractivity contribution is 5.94. The Morgan fingerprint density at radius 3 is 2.67 bits per heavy atom. The molecule has 6 heteroatoms. The number of rotatable bonds is 5. The SMILES string of the molecule is O=C(N[C@H]1CCN(Cc2ccccc2)C1)c1ccc(N2CCOCC2)nc1. The highest BCUT2D eigenvalue weighted by Crippen LogP contribution is 2.16. The number of pyridine rings is 1. The summed E-state index contributed by atoms with van der Waals surface area (Å²) in [7, 11) is 0. The number of anilines is 1. The summed E-state index contributed by atoms with van der Waals surface area (Å²) in [6.07, 6.45) is 2.66. The van der Waals surface area contributed by atoms with Gasteiger partial charge in [-0.25, -0.2) is 4.98 Å². The lowest BCUT2D eigenvalue weighted by Crippen LogP contribution is -2.38. The van der Waals surface area contributed by atoms with Gasteiger partial charge in [0.1, 0.15) is 5.82 Å². The van der Waals surface area contributed by atoms with Gasteiger partial charge in [0.25, 0.3) is 5.91 Å². The number of hydrogen-bond acceptors (Lipinski definition) is 5. The average Bonchev–Trinajstić information content (AvgIpc) is 3.16. The molecule has 0 bridgehead atoms. The van der Waals surface area contributed by atoms with Crippen molar-refractivity contribution >= 4 is 11.7 Å². The van der Waals surface area contributed by atoms with E-state index >= 15 is 0 Å². The number of carbonyl (C=O) groups is 1. The molecule has 2 aromatic rings. The normalized spacial score (nSPS) is 20.6. The summed E-state index contributed by atoms with van der Waals surface area (Å²) in [5.41, 5.74) is 1.93. The van der Waals surface area contributed by atoms with Crippen LogP contribution in [-0.4, -0.2) is 61.2 Å². The third-order valence-corrected chi connectivity index (χ3v) is 5.20. The molecule has 6 nitrogen and oxygen atoms in total. The first-order chi connectivity index (χ1) is 13.3. The second kappa shape index (κ2) is 8.50. The summed E-state index contributed by atoms with van der Waals surface area (Å²) in [5, 5.41) is 3.16. The number of nitrogens with zero attached hydrogens (tertiary/aromatic N) is 3. The van der Waals surface area contributed by atoms with Crippen LogP contribution in [0.15, 0.2) is 48.7 Å². The minimum absolute atomic E-state index is 0.0393. The van der Waals surface area contributed by atoms with Gasteiger partial charge in [0.2, 0.25) is 0 Å². The molecule has 0 aliphatic carbocycles. The van der Waals surface area contributed by atoms with Crippen molar-refractivity contribution in [1.82, 2.24) is 15.2 Å². The Labute approximate surface area is 160 Å². The van der Waals surface area contributed by atoms with Gasteiger partial charge >= 0.3 is 0 Å². The number of carbonyl (C=O) groups excluding carboxylic acids is 1. The number of benzene rings is 1. The smallest absolute Gasteiger partial charge is 0.253 e. The number of likely N-dealkylation sites (tertiary alicyclic amines) is 1. The van der Waals surface area contributed by atoms with E-state index in [0.29, 0.717) is 5.56 Å². The summed E-state index contributed by atoms with van der Waals surface area (Å²) in [5.74, 6) is 0.868. The topological polar surface area (TPSA) is 57.7 Å². The highest BCUT2D eigenvalue weighted by Gasteiger charge is 2.24. The predicted octanol–water partition coefficient (Wildman–Crippen LogP) is 1.92. The van der Waals surface area contributed by atoms with E-state index in [0.717, 1.165) is 58.2 Å². The van der Waals surface area contributed by atoms with Crippen LogP contribution in [0.1, 0.15) is 22.3 Å². The first kappa shape index (κ1) is 17.9. The van der Waals surface area contributed by atoms with E-state index in [4.69, 9.17) is 4.74 Å². The van der Waals surface area contributed by atoms with E-state index in [9.17, 15) is 4.79 Å². The first-order valence-corrected chi connectivity index (χ1v) is 9.64.